The summed E-state index contributed by atoms with van der Waals surface area (Å²) in [7, 11) is -0.843. The number of ether oxygens (including phenoxy) is 2. The molecule has 1 saturated heterocycles. The molecule has 166 valence electrons. The second-order valence-corrected chi connectivity index (χ2v) is 10.8. The quantitative estimate of drug-likeness (QED) is 0.710. The minimum atomic E-state index is -3.82. The van der Waals surface area contributed by atoms with Gasteiger partial charge in [-0.1, -0.05) is 6.42 Å². The fraction of sp³-hybridized carbons (Fsp3) is 0.682. The zero-order valence-corrected chi connectivity index (χ0v) is 18.8. The van der Waals surface area contributed by atoms with Gasteiger partial charge in [-0.25, -0.2) is 8.42 Å². The number of hydrogen-bond donors (Lipinski definition) is 1. The third kappa shape index (κ3) is 3.80. The summed E-state index contributed by atoms with van der Waals surface area (Å²) < 4.78 is 38.4. The standard InChI is InChI=1S/C22H32N2O5S/c1-14(18-12-15-6-7-16(18)11-15)23-22(25)19-5-4-10-24(19)30(26,27)17-8-9-20(28-2)21(13-17)29-3/h8-9,13-16,18-19H,4-7,10-12H2,1-3H3,(H,23,25). The Balaban J connectivity index is 1.49. The van der Waals surface area contributed by atoms with E-state index in [1.165, 1.54) is 56.3 Å². The molecule has 1 aromatic rings. The third-order valence-corrected chi connectivity index (χ3v) is 9.18. The van der Waals surface area contributed by atoms with Crippen molar-refractivity contribution in [1.82, 2.24) is 9.62 Å². The molecule has 7 nitrogen and oxygen atoms in total. The summed E-state index contributed by atoms with van der Waals surface area (Å²) in [5.41, 5.74) is 0. The average Bonchev–Trinajstić information content (AvgIpc) is 3.49. The van der Waals surface area contributed by atoms with E-state index in [0.29, 0.717) is 42.7 Å². The molecule has 2 aliphatic carbocycles. The normalized spacial score (nSPS) is 29.7. The van der Waals surface area contributed by atoms with Crippen LogP contribution in [0.3, 0.4) is 0 Å². The maximum absolute atomic E-state index is 13.3. The van der Waals surface area contributed by atoms with Crippen molar-refractivity contribution in [3.8, 4) is 11.5 Å². The van der Waals surface area contributed by atoms with Crippen LogP contribution in [0.25, 0.3) is 0 Å². The Hall–Kier alpha value is -1.80. The summed E-state index contributed by atoms with van der Waals surface area (Å²) in [6.45, 7) is 2.42. The summed E-state index contributed by atoms with van der Waals surface area (Å²) in [5, 5.41) is 3.15. The first-order valence-electron chi connectivity index (χ1n) is 10.9. The Morgan fingerprint density at radius 1 is 1.13 bits per heavy atom. The highest BCUT2D eigenvalue weighted by Crippen LogP contribution is 2.49. The van der Waals surface area contributed by atoms with Crippen LogP contribution in [0, 0.1) is 17.8 Å². The number of rotatable bonds is 7. The third-order valence-electron chi connectivity index (χ3n) is 7.27. The Morgan fingerprint density at radius 2 is 1.90 bits per heavy atom. The SMILES string of the molecule is COc1ccc(S(=O)(=O)N2CCCC2C(=O)NC(C)C2CC3CCC2C3)cc1OC. The molecule has 0 radical (unpaired) electrons. The zero-order valence-electron chi connectivity index (χ0n) is 18.0. The van der Waals surface area contributed by atoms with Crippen LogP contribution >= 0.6 is 0 Å². The molecule has 1 N–H and O–H groups in total. The van der Waals surface area contributed by atoms with E-state index in [9.17, 15) is 13.2 Å². The molecular weight excluding hydrogens is 404 g/mol. The van der Waals surface area contributed by atoms with Crippen LogP contribution in [-0.2, 0) is 14.8 Å². The number of amides is 1. The van der Waals surface area contributed by atoms with Crippen LogP contribution in [0.15, 0.2) is 23.1 Å². The number of hydrogen-bond acceptors (Lipinski definition) is 5. The molecule has 4 rings (SSSR count). The molecular formula is C22H32N2O5S. The zero-order chi connectivity index (χ0) is 21.5. The highest BCUT2D eigenvalue weighted by molar-refractivity contribution is 7.89. The number of carbonyl (C=O) groups is 1. The summed E-state index contributed by atoms with van der Waals surface area (Å²) in [6, 6.07) is 3.96. The van der Waals surface area contributed by atoms with Crippen LogP contribution in [0.1, 0.15) is 45.4 Å². The lowest BCUT2D eigenvalue weighted by Crippen LogP contribution is -2.50. The molecule has 3 fully saturated rings. The number of methoxy groups -OCH3 is 2. The fourth-order valence-electron chi connectivity index (χ4n) is 5.74. The lowest BCUT2D eigenvalue weighted by atomic mass is 9.84. The second-order valence-electron chi connectivity index (χ2n) is 8.93. The second kappa shape index (κ2) is 8.38. The van der Waals surface area contributed by atoms with Gasteiger partial charge >= 0.3 is 0 Å². The molecule has 2 bridgehead atoms. The summed E-state index contributed by atoms with van der Waals surface area (Å²) in [6.07, 6.45) is 6.27. The van der Waals surface area contributed by atoms with Crippen molar-refractivity contribution in [3.05, 3.63) is 18.2 Å². The van der Waals surface area contributed by atoms with Gasteiger partial charge in [-0.3, -0.25) is 4.79 Å². The Morgan fingerprint density at radius 3 is 2.53 bits per heavy atom. The summed E-state index contributed by atoms with van der Waals surface area (Å²) in [4.78, 5) is 13.2. The molecule has 1 aromatic carbocycles. The lowest BCUT2D eigenvalue weighted by Gasteiger charge is -2.31. The Kier molecular flexibility index (Phi) is 5.99. The lowest BCUT2D eigenvalue weighted by molar-refractivity contribution is -0.125. The van der Waals surface area contributed by atoms with Gasteiger partial charge in [-0.15, -0.1) is 0 Å². The Labute approximate surface area is 179 Å². The van der Waals surface area contributed by atoms with Gasteiger partial charge in [-0.2, -0.15) is 4.31 Å². The van der Waals surface area contributed by atoms with E-state index in [-0.39, 0.29) is 16.8 Å². The first kappa shape index (κ1) is 21.4. The molecule has 0 spiro atoms. The molecule has 2 saturated carbocycles. The molecule has 1 amide bonds. The van der Waals surface area contributed by atoms with E-state index in [4.69, 9.17) is 9.47 Å². The highest BCUT2D eigenvalue weighted by atomic mass is 32.2. The molecule has 0 aromatic heterocycles. The molecule has 8 heteroatoms. The van der Waals surface area contributed by atoms with Crippen LogP contribution in [0.4, 0.5) is 0 Å². The van der Waals surface area contributed by atoms with Crippen molar-refractivity contribution < 1.29 is 22.7 Å². The van der Waals surface area contributed by atoms with Gasteiger partial charge in [0.25, 0.3) is 0 Å². The molecule has 5 atom stereocenters. The van der Waals surface area contributed by atoms with Crippen molar-refractivity contribution in [2.24, 2.45) is 17.8 Å². The van der Waals surface area contributed by atoms with E-state index in [1.807, 2.05) is 0 Å². The van der Waals surface area contributed by atoms with Crippen LogP contribution < -0.4 is 14.8 Å². The Bertz CT molecular complexity index is 903. The number of fused-ring (bicyclic) bond motifs is 2. The maximum Gasteiger partial charge on any atom is 0.243 e. The number of nitrogens with zero attached hydrogens (tertiary/aromatic N) is 1. The maximum atomic E-state index is 13.3. The van der Waals surface area contributed by atoms with Crippen LogP contribution in [-0.4, -0.2) is 51.5 Å². The van der Waals surface area contributed by atoms with Gasteiger partial charge in [0, 0.05) is 18.7 Å². The molecule has 5 unspecified atom stereocenters. The number of sulfonamides is 1. The first-order valence-corrected chi connectivity index (χ1v) is 12.3. The highest BCUT2D eigenvalue weighted by Gasteiger charge is 2.44. The van der Waals surface area contributed by atoms with Crippen molar-refractivity contribution in [2.45, 2.75) is 62.4 Å². The summed E-state index contributed by atoms with van der Waals surface area (Å²) in [5.74, 6) is 2.68. The number of nitrogens with one attached hydrogen (secondary N) is 1. The summed E-state index contributed by atoms with van der Waals surface area (Å²) >= 11 is 0. The number of carbonyl (C=O) groups excluding carboxylic acids is 1. The van der Waals surface area contributed by atoms with Crippen molar-refractivity contribution in [3.63, 3.8) is 0 Å². The van der Waals surface area contributed by atoms with E-state index >= 15 is 0 Å². The van der Waals surface area contributed by atoms with Crippen LogP contribution in [0.5, 0.6) is 11.5 Å². The largest absolute Gasteiger partial charge is 0.493 e. The van der Waals surface area contributed by atoms with Crippen molar-refractivity contribution in [2.75, 3.05) is 20.8 Å². The van der Waals surface area contributed by atoms with E-state index < -0.39 is 16.1 Å². The van der Waals surface area contributed by atoms with Crippen LogP contribution in [0.2, 0.25) is 0 Å². The van der Waals surface area contributed by atoms with E-state index in [2.05, 4.69) is 12.2 Å². The van der Waals surface area contributed by atoms with Gasteiger partial charge in [0.15, 0.2) is 11.5 Å². The molecule has 1 aliphatic heterocycles. The van der Waals surface area contributed by atoms with Gasteiger partial charge in [0.05, 0.1) is 19.1 Å². The van der Waals surface area contributed by atoms with Crippen molar-refractivity contribution in [1.29, 1.82) is 0 Å². The molecule has 1 heterocycles. The monoisotopic (exact) mass is 436 g/mol. The average molecular weight is 437 g/mol. The smallest absolute Gasteiger partial charge is 0.243 e. The predicted octanol–water partition coefficient (Wildman–Crippen LogP) is 2.80. The minimum Gasteiger partial charge on any atom is -0.493 e. The topological polar surface area (TPSA) is 84.9 Å². The van der Waals surface area contributed by atoms with E-state index in [1.54, 1.807) is 6.07 Å². The first-order chi connectivity index (χ1) is 14.3. The number of benzene rings is 1. The van der Waals surface area contributed by atoms with Gasteiger partial charge in [-0.05, 0) is 68.9 Å². The van der Waals surface area contributed by atoms with Gasteiger partial charge in [0.2, 0.25) is 15.9 Å². The fourth-order valence-corrected chi connectivity index (χ4v) is 7.41. The van der Waals surface area contributed by atoms with E-state index in [0.717, 1.165) is 5.92 Å². The molecule has 30 heavy (non-hydrogen) atoms. The van der Waals surface area contributed by atoms with Gasteiger partial charge < -0.3 is 14.8 Å². The predicted molar refractivity (Wildman–Crippen MR) is 113 cm³/mol. The van der Waals surface area contributed by atoms with Crippen molar-refractivity contribution >= 4 is 15.9 Å². The van der Waals surface area contributed by atoms with Gasteiger partial charge in [0.1, 0.15) is 6.04 Å². The molecule has 3 aliphatic rings. The minimum absolute atomic E-state index is 0.0824.